The first-order chi connectivity index (χ1) is 11.6. The smallest absolute Gasteiger partial charge is 0.319 e. The minimum atomic E-state index is -0.257. The van der Waals surface area contributed by atoms with Gasteiger partial charge in [-0.3, -0.25) is 4.79 Å². The summed E-state index contributed by atoms with van der Waals surface area (Å²) in [6, 6.07) is 6.29. The number of thioether (sulfide) groups is 1. The molecule has 1 aromatic heterocycles. The van der Waals surface area contributed by atoms with Gasteiger partial charge in [-0.25, -0.2) is 4.39 Å². The zero-order valence-electron chi connectivity index (χ0n) is 13.6. The summed E-state index contributed by atoms with van der Waals surface area (Å²) in [7, 11) is 1.40. The van der Waals surface area contributed by atoms with Gasteiger partial charge in [0.1, 0.15) is 11.1 Å². The highest BCUT2D eigenvalue weighted by atomic mass is 32.2. The van der Waals surface area contributed by atoms with Gasteiger partial charge in [-0.15, -0.1) is 10.2 Å². The molecule has 0 fully saturated rings. The third-order valence-corrected chi connectivity index (χ3v) is 5.50. The zero-order valence-corrected chi connectivity index (χ0v) is 15.3. The first-order valence-electron chi connectivity index (χ1n) is 7.68. The summed E-state index contributed by atoms with van der Waals surface area (Å²) in [5, 5.41) is 11.8. The quantitative estimate of drug-likeness (QED) is 0.530. The number of ether oxygens (including phenoxy) is 1. The maximum atomic E-state index is 12.9. The fourth-order valence-corrected chi connectivity index (χ4v) is 4.04. The molecule has 0 amide bonds. The van der Waals surface area contributed by atoms with Crippen molar-refractivity contribution < 1.29 is 13.9 Å². The van der Waals surface area contributed by atoms with Crippen LogP contribution in [0, 0.1) is 5.82 Å². The predicted molar refractivity (Wildman–Crippen MR) is 94.8 cm³/mol. The van der Waals surface area contributed by atoms with Crippen molar-refractivity contribution >= 4 is 34.2 Å². The van der Waals surface area contributed by atoms with Gasteiger partial charge in [0.05, 0.1) is 7.11 Å². The van der Waals surface area contributed by atoms with Crippen LogP contribution in [-0.2, 0) is 16.1 Å². The second kappa shape index (κ2) is 9.58. The second-order valence-electron chi connectivity index (χ2n) is 5.13. The lowest BCUT2D eigenvalue weighted by Crippen LogP contribution is -2.18. The summed E-state index contributed by atoms with van der Waals surface area (Å²) in [5.74, 6) is -0.487. The number of methoxy groups -OCH3 is 1. The molecule has 2 rings (SSSR count). The van der Waals surface area contributed by atoms with E-state index in [0.717, 1.165) is 29.2 Å². The van der Waals surface area contributed by atoms with E-state index in [1.54, 1.807) is 12.1 Å². The van der Waals surface area contributed by atoms with Crippen molar-refractivity contribution in [3.63, 3.8) is 0 Å². The molecule has 0 spiro atoms. The van der Waals surface area contributed by atoms with Crippen molar-refractivity contribution in [3.8, 4) is 0 Å². The van der Waals surface area contributed by atoms with E-state index >= 15 is 0 Å². The van der Waals surface area contributed by atoms with Crippen LogP contribution in [0.1, 0.15) is 31.7 Å². The SMILES string of the molecule is CCCCC(Sc1nnc(NCc2ccc(F)cc2)s1)C(=O)OC. The molecule has 0 saturated heterocycles. The molecule has 0 saturated carbocycles. The largest absolute Gasteiger partial charge is 0.468 e. The number of nitrogens with one attached hydrogen (secondary N) is 1. The average Bonchev–Trinajstić information content (AvgIpc) is 3.05. The Hall–Kier alpha value is -1.67. The van der Waals surface area contributed by atoms with Gasteiger partial charge < -0.3 is 10.1 Å². The first-order valence-corrected chi connectivity index (χ1v) is 9.38. The Kier molecular flexibility index (Phi) is 7.45. The van der Waals surface area contributed by atoms with Gasteiger partial charge in [0.2, 0.25) is 5.13 Å². The van der Waals surface area contributed by atoms with Crippen LogP contribution in [0.2, 0.25) is 0 Å². The summed E-state index contributed by atoms with van der Waals surface area (Å²) in [5.41, 5.74) is 0.955. The number of rotatable bonds is 9. The molecule has 130 valence electrons. The Bertz CT molecular complexity index is 649. The van der Waals surface area contributed by atoms with Crippen LogP contribution in [0.5, 0.6) is 0 Å². The molecule has 0 aliphatic heterocycles. The Labute approximate surface area is 149 Å². The standard InChI is InChI=1S/C16H20FN3O2S2/c1-3-4-5-13(14(21)22-2)23-16-20-19-15(24-16)18-10-11-6-8-12(17)9-7-11/h6-9,13H,3-5,10H2,1-2H3,(H,18,19). The third-order valence-electron chi connectivity index (χ3n) is 3.29. The monoisotopic (exact) mass is 369 g/mol. The number of aromatic nitrogens is 2. The van der Waals surface area contributed by atoms with Gasteiger partial charge >= 0.3 is 5.97 Å². The molecular formula is C16H20FN3O2S2. The van der Waals surface area contributed by atoms with Crippen LogP contribution >= 0.6 is 23.1 Å². The van der Waals surface area contributed by atoms with Crippen molar-refractivity contribution in [2.75, 3.05) is 12.4 Å². The molecule has 1 aromatic carbocycles. The number of anilines is 1. The fourth-order valence-electron chi connectivity index (χ4n) is 1.98. The van der Waals surface area contributed by atoms with Crippen LogP contribution in [0.3, 0.4) is 0 Å². The molecule has 0 radical (unpaired) electrons. The van der Waals surface area contributed by atoms with Crippen LogP contribution in [0.15, 0.2) is 28.6 Å². The van der Waals surface area contributed by atoms with E-state index in [2.05, 4.69) is 22.4 Å². The highest BCUT2D eigenvalue weighted by Crippen LogP contribution is 2.32. The van der Waals surface area contributed by atoms with E-state index in [4.69, 9.17) is 4.74 Å². The number of benzene rings is 1. The van der Waals surface area contributed by atoms with E-state index in [1.807, 2.05) is 0 Å². The van der Waals surface area contributed by atoms with Crippen molar-refractivity contribution in [3.05, 3.63) is 35.6 Å². The molecule has 0 aliphatic carbocycles. The summed E-state index contributed by atoms with van der Waals surface area (Å²) >= 11 is 2.78. The van der Waals surface area contributed by atoms with E-state index in [-0.39, 0.29) is 17.0 Å². The second-order valence-corrected chi connectivity index (χ2v) is 7.55. The molecule has 1 heterocycles. The predicted octanol–water partition coefficient (Wildman–Crippen LogP) is 4.11. The number of nitrogens with zero attached hydrogens (tertiary/aromatic N) is 2. The van der Waals surface area contributed by atoms with Gasteiger partial charge in [-0.05, 0) is 24.1 Å². The molecule has 24 heavy (non-hydrogen) atoms. The zero-order chi connectivity index (χ0) is 17.4. The van der Waals surface area contributed by atoms with Gasteiger partial charge in [0.25, 0.3) is 0 Å². The third kappa shape index (κ3) is 5.76. The molecule has 1 atom stereocenters. The Morgan fingerprint density at radius 3 is 2.79 bits per heavy atom. The number of halogens is 1. The number of hydrogen-bond acceptors (Lipinski definition) is 7. The van der Waals surface area contributed by atoms with Gasteiger partial charge in [0, 0.05) is 6.54 Å². The van der Waals surface area contributed by atoms with Gasteiger partial charge in [0.15, 0.2) is 4.34 Å². The van der Waals surface area contributed by atoms with Crippen LogP contribution in [0.25, 0.3) is 0 Å². The van der Waals surface area contributed by atoms with E-state index in [1.165, 1.54) is 42.3 Å². The lowest BCUT2D eigenvalue weighted by molar-refractivity contribution is -0.140. The number of carbonyl (C=O) groups excluding carboxylic acids is 1. The minimum absolute atomic E-state index is 0.232. The Morgan fingerprint density at radius 1 is 1.38 bits per heavy atom. The van der Waals surface area contributed by atoms with Crippen molar-refractivity contribution in [1.29, 1.82) is 0 Å². The van der Waals surface area contributed by atoms with E-state index in [9.17, 15) is 9.18 Å². The van der Waals surface area contributed by atoms with Gasteiger partial charge in [-0.2, -0.15) is 0 Å². The average molecular weight is 369 g/mol. The van der Waals surface area contributed by atoms with Crippen LogP contribution < -0.4 is 5.32 Å². The molecule has 1 unspecified atom stereocenters. The summed E-state index contributed by atoms with van der Waals surface area (Å²) < 4.78 is 18.5. The fraction of sp³-hybridized carbons (Fsp3) is 0.438. The van der Waals surface area contributed by atoms with Crippen molar-refractivity contribution in [1.82, 2.24) is 10.2 Å². The molecule has 5 nitrogen and oxygen atoms in total. The van der Waals surface area contributed by atoms with E-state index in [0.29, 0.717) is 11.7 Å². The van der Waals surface area contributed by atoms with Crippen molar-refractivity contribution in [2.24, 2.45) is 0 Å². The van der Waals surface area contributed by atoms with E-state index < -0.39 is 0 Å². The van der Waals surface area contributed by atoms with Gasteiger partial charge in [-0.1, -0.05) is 55.0 Å². The molecule has 1 N–H and O–H groups in total. The highest BCUT2D eigenvalue weighted by Gasteiger charge is 2.22. The highest BCUT2D eigenvalue weighted by molar-refractivity contribution is 8.02. The number of unbranched alkanes of at least 4 members (excludes halogenated alkanes) is 1. The van der Waals surface area contributed by atoms with Crippen LogP contribution in [-0.4, -0.2) is 28.5 Å². The maximum Gasteiger partial charge on any atom is 0.319 e. The van der Waals surface area contributed by atoms with Crippen molar-refractivity contribution in [2.45, 2.75) is 42.3 Å². The number of esters is 1. The molecule has 0 bridgehead atoms. The van der Waals surface area contributed by atoms with Crippen LogP contribution in [0.4, 0.5) is 9.52 Å². The number of carbonyl (C=O) groups is 1. The molecular weight excluding hydrogens is 349 g/mol. The molecule has 0 aliphatic rings. The lowest BCUT2D eigenvalue weighted by Gasteiger charge is -2.11. The summed E-state index contributed by atoms with van der Waals surface area (Å²) in [4.78, 5) is 11.8. The maximum absolute atomic E-state index is 12.9. The normalized spacial score (nSPS) is 12.0. The summed E-state index contributed by atoms with van der Waals surface area (Å²) in [6.07, 6.45) is 2.74. The topological polar surface area (TPSA) is 64.1 Å². The molecule has 8 heteroatoms. The minimum Gasteiger partial charge on any atom is -0.468 e. The Balaban J connectivity index is 1.91. The first kappa shape index (κ1) is 18.7. The number of hydrogen-bond donors (Lipinski definition) is 1. The molecule has 2 aromatic rings. The lowest BCUT2D eigenvalue weighted by atomic mass is 10.2. The summed E-state index contributed by atoms with van der Waals surface area (Å²) in [6.45, 7) is 2.62. The Morgan fingerprint density at radius 2 is 2.12 bits per heavy atom.